The molecule has 1 amide bonds. The van der Waals surface area contributed by atoms with Gasteiger partial charge in [0.2, 0.25) is 5.91 Å². The highest BCUT2D eigenvalue weighted by Gasteiger charge is 2.20. The molecule has 1 aliphatic rings. The Hall–Kier alpha value is -1.86. The molecular formula is C15H19N3O. The normalized spacial score (nSPS) is 16.1. The van der Waals surface area contributed by atoms with Gasteiger partial charge in [-0.2, -0.15) is 5.26 Å². The van der Waals surface area contributed by atoms with Gasteiger partial charge in [-0.15, -0.1) is 0 Å². The highest BCUT2D eigenvalue weighted by molar-refractivity contribution is 5.78. The number of nitriles is 1. The summed E-state index contributed by atoms with van der Waals surface area (Å²) in [6, 6.07) is 12.0. The minimum Gasteiger partial charge on any atom is -0.340 e. The van der Waals surface area contributed by atoms with Gasteiger partial charge in [-0.05, 0) is 5.56 Å². The van der Waals surface area contributed by atoms with Crippen LogP contribution >= 0.6 is 0 Å². The second-order valence-electron chi connectivity index (χ2n) is 4.79. The highest BCUT2D eigenvalue weighted by Crippen LogP contribution is 2.07. The topological polar surface area (TPSA) is 47.3 Å². The molecule has 1 aromatic carbocycles. The number of hydrogen-bond donors (Lipinski definition) is 0. The molecule has 1 aliphatic heterocycles. The molecule has 0 unspecified atom stereocenters. The molecule has 1 fully saturated rings. The Morgan fingerprint density at radius 1 is 1.16 bits per heavy atom. The van der Waals surface area contributed by atoms with Crippen LogP contribution in [0.2, 0.25) is 0 Å². The molecule has 1 aromatic rings. The third-order valence-electron chi connectivity index (χ3n) is 3.46. The van der Waals surface area contributed by atoms with Gasteiger partial charge >= 0.3 is 0 Å². The maximum absolute atomic E-state index is 12.1. The van der Waals surface area contributed by atoms with E-state index in [4.69, 9.17) is 5.26 Å². The lowest BCUT2D eigenvalue weighted by atomic mass is 10.1. The molecule has 100 valence electrons. The molecule has 0 radical (unpaired) electrons. The summed E-state index contributed by atoms with van der Waals surface area (Å²) in [5.74, 6) is 0.200. The third kappa shape index (κ3) is 4.08. The Kier molecular flexibility index (Phi) is 4.93. The Labute approximate surface area is 114 Å². The molecule has 0 saturated carbocycles. The second-order valence-corrected chi connectivity index (χ2v) is 4.79. The van der Waals surface area contributed by atoms with Crippen LogP contribution < -0.4 is 0 Å². The van der Waals surface area contributed by atoms with E-state index >= 15 is 0 Å². The maximum Gasteiger partial charge on any atom is 0.227 e. The first-order chi connectivity index (χ1) is 9.29. The van der Waals surface area contributed by atoms with Gasteiger partial charge in [0.05, 0.1) is 12.5 Å². The Bertz CT molecular complexity index is 444. The summed E-state index contributed by atoms with van der Waals surface area (Å²) in [7, 11) is 0. The predicted molar refractivity (Wildman–Crippen MR) is 73.4 cm³/mol. The zero-order chi connectivity index (χ0) is 13.5. The van der Waals surface area contributed by atoms with Crippen LogP contribution in [0.1, 0.15) is 12.0 Å². The molecule has 1 saturated heterocycles. The van der Waals surface area contributed by atoms with Gasteiger partial charge in [-0.3, -0.25) is 9.69 Å². The molecule has 0 spiro atoms. The molecule has 2 rings (SSSR count). The van der Waals surface area contributed by atoms with Crippen molar-refractivity contribution < 1.29 is 4.79 Å². The minimum absolute atomic E-state index is 0.200. The average molecular weight is 257 g/mol. The van der Waals surface area contributed by atoms with Gasteiger partial charge in [0.15, 0.2) is 0 Å². The molecule has 1 heterocycles. The lowest BCUT2D eigenvalue weighted by Crippen LogP contribution is -2.49. The molecule has 4 nitrogen and oxygen atoms in total. The Morgan fingerprint density at radius 3 is 2.47 bits per heavy atom. The van der Waals surface area contributed by atoms with E-state index in [2.05, 4.69) is 11.0 Å². The first-order valence-electron chi connectivity index (χ1n) is 6.70. The number of hydrogen-bond acceptors (Lipinski definition) is 3. The van der Waals surface area contributed by atoms with Crippen molar-refractivity contribution in [1.82, 2.24) is 9.80 Å². The number of carbonyl (C=O) groups is 1. The lowest BCUT2D eigenvalue weighted by Gasteiger charge is -2.34. The molecule has 0 N–H and O–H groups in total. The van der Waals surface area contributed by atoms with Crippen LogP contribution in [0.15, 0.2) is 30.3 Å². The third-order valence-corrected chi connectivity index (χ3v) is 3.46. The van der Waals surface area contributed by atoms with Crippen LogP contribution in [0.3, 0.4) is 0 Å². The van der Waals surface area contributed by atoms with Crippen molar-refractivity contribution in [2.45, 2.75) is 12.8 Å². The van der Waals surface area contributed by atoms with E-state index in [1.165, 1.54) is 0 Å². The zero-order valence-corrected chi connectivity index (χ0v) is 11.1. The molecule has 0 aliphatic carbocycles. The molecule has 0 atom stereocenters. The molecule has 19 heavy (non-hydrogen) atoms. The van der Waals surface area contributed by atoms with Gasteiger partial charge in [0.1, 0.15) is 0 Å². The zero-order valence-electron chi connectivity index (χ0n) is 11.1. The number of piperazine rings is 1. The van der Waals surface area contributed by atoms with E-state index in [-0.39, 0.29) is 5.91 Å². The van der Waals surface area contributed by atoms with E-state index in [0.717, 1.165) is 38.3 Å². The van der Waals surface area contributed by atoms with E-state index in [1.54, 1.807) is 0 Å². The van der Waals surface area contributed by atoms with E-state index in [0.29, 0.717) is 12.8 Å². The van der Waals surface area contributed by atoms with Crippen LogP contribution in [0, 0.1) is 11.3 Å². The monoisotopic (exact) mass is 257 g/mol. The van der Waals surface area contributed by atoms with E-state index in [9.17, 15) is 4.79 Å². The fourth-order valence-corrected chi connectivity index (χ4v) is 2.31. The number of nitrogens with zero attached hydrogens (tertiary/aromatic N) is 3. The van der Waals surface area contributed by atoms with Crippen LogP contribution in [-0.4, -0.2) is 48.4 Å². The molecule has 4 heteroatoms. The van der Waals surface area contributed by atoms with Gasteiger partial charge in [0, 0.05) is 39.1 Å². The lowest BCUT2D eigenvalue weighted by molar-refractivity contribution is -0.132. The SMILES string of the molecule is N#CCCN1CCN(C(=O)Cc2ccccc2)CC1. The maximum atomic E-state index is 12.1. The summed E-state index contributed by atoms with van der Waals surface area (Å²) in [5, 5.41) is 8.56. The molecule has 0 bridgehead atoms. The average Bonchev–Trinajstić information content (AvgIpc) is 2.46. The number of benzene rings is 1. The van der Waals surface area contributed by atoms with E-state index < -0.39 is 0 Å². The largest absolute Gasteiger partial charge is 0.340 e. The summed E-state index contributed by atoms with van der Waals surface area (Å²) in [6.45, 7) is 4.12. The fraction of sp³-hybridized carbons (Fsp3) is 0.467. The standard InChI is InChI=1S/C15H19N3O/c16-7-4-8-17-9-11-18(12-10-17)15(19)13-14-5-2-1-3-6-14/h1-3,5-6H,4,8-13H2. The second kappa shape index (κ2) is 6.91. The predicted octanol–water partition coefficient (Wildman–Crippen LogP) is 1.29. The van der Waals surface area contributed by atoms with Crippen molar-refractivity contribution in [3.63, 3.8) is 0 Å². The molecule has 0 aromatic heterocycles. The fourth-order valence-electron chi connectivity index (χ4n) is 2.31. The summed E-state index contributed by atoms with van der Waals surface area (Å²) in [6.07, 6.45) is 1.05. The van der Waals surface area contributed by atoms with Crippen molar-refractivity contribution in [1.29, 1.82) is 5.26 Å². The van der Waals surface area contributed by atoms with Crippen LogP contribution in [-0.2, 0) is 11.2 Å². The van der Waals surface area contributed by atoms with Gasteiger partial charge < -0.3 is 4.90 Å². The van der Waals surface area contributed by atoms with Crippen molar-refractivity contribution in [2.24, 2.45) is 0 Å². The van der Waals surface area contributed by atoms with E-state index in [1.807, 2.05) is 35.2 Å². The highest BCUT2D eigenvalue weighted by atomic mass is 16.2. The quantitative estimate of drug-likeness (QED) is 0.816. The van der Waals surface area contributed by atoms with Crippen LogP contribution in [0.4, 0.5) is 0 Å². The first kappa shape index (κ1) is 13.6. The van der Waals surface area contributed by atoms with Crippen LogP contribution in [0.25, 0.3) is 0 Å². The van der Waals surface area contributed by atoms with Crippen molar-refractivity contribution in [3.05, 3.63) is 35.9 Å². The van der Waals surface area contributed by atoms with Gasteiger partial charge in [0.25, 0.3) is 0 Å². The molecular weight excluding hydrogens is 238 g/mol. The Morgan fingerprint density at radius 2 is 1.84 bits per heavy atom. The van der Waals surface area contributed by atoms with Crippen molar-refractivity contribution in [3.8, 4) is 6.07 Å². The number of carbonyl (C=O) groups excluding carboxylic acids is 1. The van der Waals surface area contributed by atoms with Gasteiger partial charge in [-0.1, -0.05) is 30.3 Å². The summed E-state index contributed by atoms with van der Waals surface area (Å²) in [5.41, 5.74) is 1.07. The Balaban J connectivity index is 1.78. The van der Waals surface area contributed by atoms with Crippen LogP contribution in [0.5, 0.6) is 0 Å². The first-order valence-corrected chi connectivity index (χ1v) is 6.70. The van der Waals surface area contributed by atoms with Gasteiger partial charge in [-0.25, -0.2) is 0 Å². The number of amides is 1. The number of rotatable bonds is 4. The van der Waals surface area contributed by atoms with Crippen molar-refractivity contribution >= 4 is 5.91 Å². The summed E-state index contributed by atoms with van der Waals surface area (Å²) < 4.78 is 0. The van der Waals surface area contributed by atoms with Crippen molar-refractivity contribution in [2.75, 3.05) is 32.7 Å². The summed E-state index contributed by atoms with van der Waals surface area (Å²) >= 11 is 0. The summed E-state index contributed by atoms with van der Waals surface area (Å²) in [4.78, 5) is 16.3. The smallest absolute Gasteiger partial charge is 0.227 e. The minimum atomic E-state index is 0.200.